The Bertz CT molecular complexity index is 1200. The van der Waals surface area contributed by atoms with E-state index in [-0.39, 0.29) is 5.91 Å². The van der Waals surface area contributed by atoms with Gasteiger partial charge in [-0.3, -0.25) is 4.79 Å². The number of hydrogen-bond donors (Lipinski definition) is 1. The van der Waals surface area contributed by atoms with Crippen molar-refractivity contribution in [3.8, 4) is 17.1 Å². The second-order valence-electron chi connectivity index (χ2n) is 7.73. The van der Waals surface area contributed by atoms with Crippen LogP contribution in [0.4, 0.5) is 0 Å². The molecule has 0 radical (unpaired) electrons. The molecule has 2 aromatic carbocycles. The Morgan fingerprint density at radius 2 is 1.81 bits per heavy atom. The molecule has 0 aliphatic carbocycles. The molecule has 4 rings (SSSR count). The molecule has 0 unspecified atom stereocenters. The molecule has 0 saturated heterocycles. The third-order valence-corrected chi connectivity index (χ3v) is 5.07. The molecule has 1 amide bonds. The molecule has 0 spiro atoms. The number of nitrogens with zero attached hydrogens (tertiary/aromatic N) is 5. The lowest BCUT2D eigenvalue weighted by Gasteiger charge is -2.10. The number of ether oxygens (including phenoxy) is 1. The predicted molar refractivity (Wildman–Crippen MR) is 123 cm³/mol. The SMILES string of the molecule is COc1ccc(-c2nccc3nc(Cc4ccc(C(=O)NCCN(C)C)cc4)nn23)cc1. The van der Waals surface area contributed by atoms with Gasteiger partial charge in [0.05, 0.1) is 7.11 Å². The summed E-state index contributed by atoms with van der Waals surface area (Å²) in [5.41, 5.74) is 3.33. The van der Waals surface area contributed by atoms with Gasteiger partial charge in [0.1, 0.15) is 5.75 Å². The monoisotopic (exact) mass is 430 g/mol. The minimum atomic E-state index is -0.0699. The van der Waals surface area contributed by atoms with E-state index in [0.717, 1.165) is 29.1 Å². The zero-order valence-electron chi connectivity index (χ0n) is 18.4. The number of aromatic nitrogens is 4. The number of methoxy groups -OCH3 is 1. The summed E-state index contributed by atoms with van der Waals surface area (Å²) < 4.78 is 6.99. The highest BCUT2D eigenvalue weighted by Crippen LogP contribution is 2.21. The number of benzene rings is 2. The van der Waals surface area contributed by atoms with Gasteiger partial charge >= 0.3 is 0 Å². The van der Waals surface area contributed by atoms with Crippen molar-refractivity contribution >= 4 is 11.6 Å². The quantitative estimate of drug-likeness (QED) is 0.463. The molecule has 164 valence electrons. The third-order valence-electron chi connectivity index (χ3n) is 5.07. The number of nitrogens with one attached hydrogen (secondary N) is 1. The van der Waals surface area contributed by atoms with Crippen LogP contribution in [0.15, 0.2) is 60.8 Å². The lowest BCUT2D eigenvalue weighted by Crippen LogP contribution is -2.31. The van der Waals surface area contributed by atoms with Crippen LogP contribution in [0.5, 0.6) is 5.75 Å². The fourth-order valence-corrected chi connectivity index (χ4v) is 3.33. The third kappa shape index (κ3) is 4.92. The predicted octanol–water partition coefficient (Wildman–Crippen LogP) is 2.68. The standard InChI is InChI=1S/C24H26N6O2/c1-29(2)15-14-26-24(31)19-6-4-17(5-7-19)16-21-27-22-12-13-25-23(30(22)28-21)18-8-10-20(32-3)11-9-18/h4-13H,14-16H2,1-3H3,(H,26,31). The van der Waals surface area contributed by atoms with Gasteiger partial charge in [-0.05, 0) is 56.1 Å². The second kappa shape index (κ2) is 9.57. The van der Waals surface area contributed by atoms with Crippen LogP contribution in [0.3, 0.4) is 0 Å². The van der Waals surface area contributed by atoms with Crippen LogP contribution < -0.4 is 10.1 Å². The van der Waals surface area contributed by atoms with Gasteiger partial charge in [0.25, 0.3) is 5.91 Å². The number of carbonyl (C=O) groups excluding carboxylic acids is 1. The second-order valence-corrected chi connectivity index (χ2v) is 7.73. The summed E-state index contributed by atoms with van der Waals surface area (Å²) in [6, 6.07) is 17.1. The summed E-state index contributed by atoms with van der Waals surface area (Å²) in [6.07, 6.45) is 2.29. The van der Waals surface area contributed by atoms with E-state index >= 15 is 0 Å². The molecule has 0 aliphatic rings. The number of likely N-dealkylation sites (N-methyl/N-ethyl adjacent to an activating group) is 1. The summed E-state index contributed by atoms with van der Waals surface area (Å²) in [5, 5.41) is 7.59. The van der Waals surface area contributed by atoms with Crippen LogP contribution >= 0.6 is 0 Å². The lowest BCUT2D eigenvalue weighted by atomic mass is 10.1. The first kappa shape index (κ1) is 21.5. The molecule has 2 heterocycles. The Kier molecular flexibility index (Phi) is 6.42. The largest absolute Gasteiger partial charge is 0.497 e. The van der Waals surface area contributed by atoms with Gasteiger partial charge in [-0.15, -0.1) is 5.10 Å². The Morgan fingerprint density at radius 3 is 2.50 bits per heavy atom. The van der Waals surface area contributed by atoms with E-state index in [2.05, 4.69) is 20.4 Å². The van der Waals surface area contributed by atoms with Crippen LogP contribution in [0, 0.1) is 0 Å². The number of hydrogen-bond acceptors (Lipinski definition) is 6. The minimum absolute atomic E-state index is 0.0699. The van der Waals surface area contributed by atoms with Crippen molar-refractivity contribution in [1.82, 2.24) is 29.8 Å². The fourth-order valence-electron chi connectivity index (χ4n) is 3.33. The molecule has 0 aliphatic heterocycles. The van der Waals surface area contributed by atoms with Crippen molar-refractivity contribution in [3.63, 3.8) is 0 Å². The fraction of sp³-hybridized carbons (Fsp3) is 0.250. The molecule has 8 nitrogen and oxygen atoms in total. The maximum atomic E-state index is 12.3. The molecule has 0 fully saturated rings. The van der Waals surface area contributed by atoms with E-state index < -0.39 is 0 Å². The van der Waals surface area contributed by atoms with Crippen molar-refractivity contribution in [2.24, 2.45) is 0 Å². The van der Waals surface area contributed by atoms with Crippen LogP contribution in [-0.2, 0) is 6.42 Å². The van der Waals surface area contributed by atoms with Gasteiger partial charge in [-0.2, -0.15) is 4.52 Å². The molecule has 0 bridgehead atoms. The molecule has 32 heavy (non-hydrogen) atoms. The molecule has 8 heteroatoms. The van der Waals surface area contributed by atoms with E-state index in [9.17, 15) is 4.79 Å². The number of amides is 1. The van der Waals surface area contributed by atoms with E-state index in [1.807, 2.05) is 73.6 Å². The van der Waals surface area contributed by atoms with Crippen molar-refractivity contribution in [2.75, 3.05) is 34.3 Å². The van der Waals surface area contributed by atoms with Gasteiger partial charge in [-0.25, -0.2) is 9.97 Å². The molecule has 0 saturated carbocycles. The number of fused-ring (bicyclic) bond motifs is 1. The van der Waals surface area contributed by atoms with E-state index in [4.69, 9.17) is 4.74 Å². The Balaban J connectivity index is 1.49. The number of carbonyl (C=O) groups is 1. The normalized spacial score (nSPS) is 11.1. The average molecular weight is 431 g/mol. The van der Waals surface area contributed by atoms with Crippen LogP contribution in [0.2, 0.25) is 0 Å². The van der Waals surface area contributed by atoms with Crippen molar-refractivity contribution in [2.45, 2.75) is 6.42 Å². The Morgan fingerprint density at radius 1 is 1.06 bits per heavy atom. The molecular weight excluding hydrogens is 404 g/mol. The highest BCUT2D eigenvalue weighted by atomic mass is 16.5. The molecule has 1 N–H and O–H groups in total. The first-order valence-electron chi connectivity index (χ1n) is 10.4. The van der Waals surface area contributed by atoms with E-state index in [1.165, 1.54) is 0 Å². The topological polar surface area (TPSA) is 84.6 Å². The summed E-state index contributed by atoms with van der Waals surface area (Å²) in [5.74, 6) is 2.12. The van der Waals surface area contributed by atoms with Gasteiger partial charge in [0.2, 0.25) is 0 Å². The maximum Gasteiger partial charge on any atom is 0.251 e. The molecule has 2 aromatic heterocycles. The first-order valence-corrected chi connectivity index (χ1v) is 10.4. The molecular formula is C24H26N6O2. The average Bonchev–Trinajstić information content (AvgIpc) is 3.22. The van der Waals surface area contributed by atoms with Crippen LogP contribution in [0.25, 0.3) is 17.0 Å². The van der Waals surface area contributed by atoms with Crippen LogP contribution in [-0.4, -0.2) is 64.7 Å². The van der Waals surface area contributed by atoms with Crippen LogP contribution in [0.1, 0.15) is 21.7 Å². The van der Waals surface area contributed by atoms with Gasteiger partial charge in [-0.1, -0.05) is 12.1 Å². The molecule has 0 atom stereocenters. The number of rotatable bonds is 8. The molecule has 4 aromatic rings. The summed E-state index contributed by atoms with van der Waals surface area (Å²) in [7, 11) is 5.59. The highest BCUT2D eigenvalue weighted by molar-refractivity contribution is 5.94. The van der Waals surface area contributed by atoms with Crippen molar-refractivity contribution in [3.05, 3.63) is 77.7 Å². The van der Waals surface area contributed by atoms with Crippen molar-refractivity contribution < 1.29 is 9.53 Å². The van der Waals surface area contributed by atoms with Gasteiger partial charge in [0, 0.05) is 42.9 Å². The minimum Gasteiger partial charge on any atom is -0.497 e. The lowest BCUT2D eigenvalue weighted by molar-refractivity contribution is 0.0951. The van der Waals surface area contributed by atoms with E-state index in [0.29, 0.717) is 30.2 Å². The smallest absolute Gasteiger partial charge is 0.251 e. The zero-order chi connectivity index (χ0) is 22.5. The summed E-state index contributed by atoms with van der Waals surface area (Å²) in [6.45, 7) is 1.42. The summed E-state index contributed by atoms with van der Waals surface area (Å²) in [4.78, 5) is 23.4. The van der Waals surface area contributed by atoms with E-state index in [1.54, 1.807) is 17.8 Å². The first-order chi connectivity index (χ1) is 15.5. The Hall–Kier alpha value is -3.78. The van der Waals surface area contributed by atoms with Crippen molar-refractivity contribution in [1.29, 1.82) is 0 Å². The van der Waals surface area contributed by atoms with Gasteiger partial charge in [0.15, 0.2) is 17.3 Å². The Labute approximate surface area is 186 Å². The van der Waals surface area contributed by atoms with Gasteiger partial charge < -0.3 is 15.0 Å². The highest BCUT2D eigenvalue weighted by Gasteiger charge is 2.12. The zero-order valence-corrected chi connectivity index (χ0v) is 18.4. The maximum absolute atomic E-state index is 12.3. The summed E-state index contributed by atoms with van der Waals surface area (Å²) >= 11 is 0.